The number of ether oxygens (including phenoxy) is 1. The first-order valence-electron chi connectivity index (χ1n) is 5.30. The lowest BCUT2D eigenvalue weighted by molar-refractivity contribution is -0.134. The Bertz CT molecular complexity index is 185. The Kier molecular flexibility index (Phi) is 4.90. The number of hydrogen-bond donors (Lipinski definition) is 1. The minimum atomic E-state index is 0.158. The van der Waals surface area contributed by atoms with Crippen molar-refractivity contribution in [2.24, 2.45) is 5.73 Å². The van der Waals surface area contributed by atoms with Crippen LogP contribution < -0.4 is 5.73 Å². The molecule has 1 aliphatic heterocycles. The number of amides is 1. The van der Waals surface area contributed by atoms with Crippen LogP contribution in [0, 0.1) is 0 Å². The normalized spacial score (nSPS) is 22.4. The summed E-state index contributed by atoms with van der Waals surface area (Å²) in [6.45, 7) is 4.28. The van der Waals surface area contributed by atoms with E-state index in [9.17, 15) is 4.79 Å². The predicted molar refractivity (Wildman–Crippen MR) is 54.9 cm³/mol. The van der Waals surface area contributed by atoms with Crippen molar-refractivity contribution in [2.45, 2.75) is 32.2 Å². The van der Waals surface area contributed by atoms with E-state index < -0.39 is 0 Å². The lowest BCUT2D eigenvalue weighted by Gasteiger charge is -2.34. The monoisotopic (exact) mass is 200 g/mol. The average Bonchev–Trinajstić information content (AvgIpc) is 2.19. The van der Waals surface area contributed by atoms with Crippen LogP contribution in [0.2, 0.25) is 0 Å². The number of nitrogens with two attached hydrogens (primary N) is 1. The van der Waals surface area contributed by atoms with Crippen LogP contribution in [0.5, 0.6) is 0 Å². The Labute approximate surface area is 85.4 Å². The molecule has 0 aromatic heterocycles. The van der Waals surface area contributed by atoms with Gasteiger partial charge in [0.05, 0.1) is 19.3 Å². The standard InChI is InChI=1S/C10H20N2O2/c1-9(13)12-6-3-2-4-10(12)8-14-7-5-11/h10H,2-8,11H2,1H3/t10-/m0/s1. The molecule has 0 unspecified atom stereocenters. The Hall–Kier alpha value is -0.610. The van der Waals surface area contributed by atoms with Gasteiger partial charge in [-0.15, -0.1) is 0 Å². The SMILES string of the molecule is CC(=O)N1CCCC[C@H]1COCCN. The number of carbonyl (C=O) groups excluding carboxylic acids is 1. The van der Waals surface area contributed by atoms with Crippen LogP contribution in [-0.4, -0.2) is 43.2 Å². The molecule has 82 valence electrons. The highest BCUT2D eigenvalue weighted by Crippen LogP contribution is 2.17. The fraction of sp³-hybridized carbons (Fsp3) is 0.900. The molecule has 0 spiro atoms. The summed E-state index contributed by atoms with van der Waals surface area (Å²) in [5.41, 5.74) is 5.33. The third-order valence-corrected chi connectivity index (χ3v) is 2.60. The number of carbonyl (C=O) groups is 1. The van der Waals surface area contributed by atoms with Crippen LogP contribution in [-0.2, 0) is 9.53 Å². The summed E-state index contributed by atoms with van der Waals surface area (Å²) >= 11 is 0. The molecule has 1 amide bonds. The van der Waals surface area contributed by atoms with Gasteiger partial charge in [-0.05, 0) is 19.3 Å². The van der Waals surface area contributed by atoms with Crippen LogP contribution in [0.3, 0.4) is 0 Å². The van der Waals surface area contributed by atoms with Crippen LogP contribution in [0.4, 0.5) is 0 Å². The molecule has 4 nitrogen and oxygen atoms in total. The van der Waals surface area contributed by atoms with E-state index in [1.54, 1.807) is 6.92 Å². The fourth-order valence-corrected chi connectivity index (χ4v) is 1.89. The maximum Gasteiger partial charge on any atom is 0.219 e. The molecule has 0 saturated carbocycles. The zero-order valence-corrected chi connectivity index (χ0v) is 8.87. The van der Waals surface area contributed by atoms with Gasteiger partial charge in [-0.25, -0.2) is 0 Å². The van der Waals surface area contributed by atoms with Crippen LogP contribution in [0.1, 0.15) is 26.2 Å². The predicted octanol–water partition coefficient (Wildman–Crippen LogP) is 0.363. The molecule has 1 saturated heterocycles. The molecule has 14 heavy (non-hydrogen) atoms. The first-order valence-corrected chi connectivity index (χ1v) is 5.30. The first kappa shape index (κ1) is 11.5. The number of hydrogen-bond acceptors (Lipinski definition) is 3. The van der Waals surface area contributed by atoms with Gasteiger partial charge < -0.3 is 15.4 Å². The first-order chi connectivity index (χ1) is 6.75. The molecule has 1 aliphatic rings. The summed E-state index contributed by atoms with van der Waals surface area (Å²) < 4.78 is 5.38. The number of nitrogens with zero attached hydrogens (tertiary/aromatic N) is 1. The van der Waals surface area contributed by atoms with Gasteiger partial charge >= 0.3 is 0 Å². The van der Waals surface area contributed by atoms with Crippen LogP contribution in [0.15, 0.2) is 0 Å². The van der Waals surface area contributed by atoms with Crippen molar-refractivity contribution in [3.8, 4) is 0 Å². The van der Waals surface area contributed by atoms with E-state index in [0.717, 1.165) is 19.4 Å². The molecule has 1 rings (SSSR count). The lowest BCUT2D eigenvalue weighted by Crippen LogP contribution is -2.45. The molecular weight excluding hydrogens is 180 g/mol. The van der Waals surface area contributed by atoms with Gasteiger partial charge in [0, 0.05) is 20.0 Å². The van der Waals surface area contributed by atoms with E-state index in [1.165, 1.54) is 6.42 Å². The molecule has 0 aromatic carbocycles. The summed E-state index contributed by atoms with van der Waals surface area (Å²) in [5.74, 6) is 0.158. The molecule has 2 N–H and O–H groups in total. The van der Waals surface area contributed by atoms with Crippen molar-refractivity contribution < 1.29 is 9.53 Å². The highest BCUT2D eigenvalue weighted by Gasteiger charge is 2.23. The molecule has 0 aliphatic carbocycles. The van der Waals surface area contributed by atoms with Crippen molar-refractivity contribution in [1.29, 1.82) is 0 Å². The highest BCUT2D eigenvalue weighted by atomic mass is 16.5. The summed E-state index contributed by atoms with van der Waals surface area (Å²) in [4.78, 5) is 13.2. The summed E-state index contributed by atoms with van der Waals surface area (Å²) in [5, 5.41) is 0. The van der Waals surface area contributed by atoms with Crippen LogP contribution >= 0.6 is 0 Å². The summed E-state index contributed by atoms with van der Waals surface area (Å²) in [7, 11) is 0. The molecule has 0 radical (unpaired) electrons. The zero-order chi connectivity index (χ0) is 10.4. The van der Waals surface area contributed by atoms with Crippen molar-refractivity contribution in [2.75, 3.05) is 26.3 Å². The fourth-order valence-electron chi connectivity index (χ4n) is 1.89. The smallest absolute Gasteiger partial charge is 0.219 e. The molecule has 1 heterocycles. The Morgan fingerprint density at radius 2 is 2.36 bits per heavy atom. The van der Waals surface area contributed by atoms with Crippen molar-refractivity contribution >= 4 is 5.91 Å². The van der Waals surface area contributed by atoms with E-state index in [0.29, 0.717) is 19.8 Å². The van der Waals surface area contributed by atoms with E-state index in [1.807, 2.05) is 4.90 Å². The molecular formula is C10H20N2O2. The van der Waals surface area contributed by atoms with Crippen molar-refractivity contribution in [1.82, 2.24) is 4.90 Å². The maximum absolute atomic E-state index is 11.3. The lowest BCUT2D eigenvalue weighted by atomic mass is 10.0. The van der Waals surface area contributed by atoms with Crippen LogP contribution in [0.25, 0.3) is 0 Å². The number of piperidine rings is 1. The average molecular weight is 200 g/mol. The van der Waals surface area contributed by atoms with Crippen molar-refractivity contribution in [3.63, 3.8) is 0 Å². The summed E-state index contributed by atoms with van der Waals surface area (Å²) in [6.07, 6.45) is 3.37. The molecule has 1 fully saturated rings. The summed E-state index contributed by atoms with van der Waals surface area (Å²) in [6, 6.07) is 0.271. The van der Waals surface area contributed by atoms with Gasteiger partial charge in [-0.3, -0.25) is 4.79 Å². The van der Waals surface area contributed by atoms with Gasteiger partial charge in [-0.1, -0.05) is 0 Å². The van der Waals surface area contributed by atoms with Gasteiger partial charge in [0.25, 0.3) is 0 Å². The second kappa shape index (κ2) is 5.98. The minimum Gasteiger partial charge on any atom is -0.378 e. The molecule has 4 heteroatoms. The second-order valence-electron chi connectivity index (χ2n) is 3.73. The Balaban J connectivity index is 2.34. The largest absolute Gasteiger partial charge is 0.378 e. The van der Waals surface area contributed by atoms with E-state index >= 15 is 0 Å². The minimum absolute atomic E-state index is 0.158. The molecule has 0 bridgehead atoms. The van der Waals surface area contributed by atoms with Gasteiger partial charge in [0.15, 0.2) is 0 Å². The maximum atomic E-state index is 11.3. The second-order valence-corrected chi connectivity index (χ2v) is 3.73. The van der Waals surface area contributed by atoms with Crippen molar-refractivity contribution in [3.05, 3.63) is 0 Å². The topological polar surface area (TPSA) is 55.6 Å². The third-order valence-electron chi connectivity index (χ3n) is 2.60. The van der Waals surface area contributed by atoms with Gasteiger partial charge in [0.1, 0.15) is 0 Å². The van der Waals surface area contributed by atoms with Gasteiger partial charge in [0.2, 0.25) is 5.91 Å². The van der Waals surface area contributed by atoms with E-state index in [4.69, 9.17) is 10.5 Å². The number of likely N-dealkylation sites (tertiary alicyclic amines) is 1. The highest BCUT2D eigenvalue weighted by molar-refractivity contribution is 5.73. The van der Waals surface area contributed by atoms with E-state index in [-0.39, 0.29) is 11.9 Å². The quantitative estimate of drug-likeness (QED) is 0.667. The molecule has 0 aromatic rings. The van der Waals surface area contributed by atoms with E-state index in [2.05, 4.69) is 0 Å². The van der Waals surface area contributed by atoms with Gasteiger partial charge in [-0.2, -0.15) is 0 Å². The Morgan fingerprint density at radius 1 is 1.57 bits per heavy atom. The zero-order valence-electron chi connectivity index (χ0n) is 8.87. The number of rotatable bonds is 4. The Morgan fingerprint density at radius 3 is 3.00 bits per heavy atom. The third kappa shape index (κ3) is 3.27. The molecule has 1 atom stereocenters.